The second-order valence-corrected chi connectivity index (χ2v) is 5.25. The first-order valence-corrected chi connectivity index (χ1v) is 6.90. The Bertz CT molecular complexity index is 499. The summed E-state index contributed by atoms with van der Waals surface area (Å²) in [7, 11) is 0. The summed E-state index contributed by atoms with van der Waals surface area (Å²) in [6, 6.07) is 14.5. The number of hydrogen-bond donors (Lipinski definition) is 1. The molecule has 2 nitrogen and oxygen atoms in total. The molecule has 0 spiro atoms. The van der Waals surface area contributed by atoms with Crippen molar-refractivity contribution in [2.45, 2.75) is 4.90 Å². The van der Waals surface area contributed by atoms with Gasteiger partial charge in [0.25, 0.3) is 0 Å². The van der Waals surface area contributed by atoms with Gasteiger partial charge in [0.2, 0.25) is 0 Å². The highest BCUT2D eigenvalue weighted by Crippen LogP contribution is 2.21. The molecule has 0 amide bonds. The van der Waals surface area contributed by atoms with Gasteiger partial charge in [-0.1, -0.05) is 17.7 Å². The van der Waals surface area contributed by atoms with Crippen LogP contribution >= 0.6 is 23.4 Å². The lowest BCUT2D eigenvalue weighted by atomic mass is 10.3. The topological polar surface area (TPSA) is 29.5 Å². The number of aromatic hydroxyl groups is 1. The lowest BCUT2D eigenvalue weighted by molar-refractivity contribution is 0.344. The molecule has 4 heteroatoms. The number of rotatable bonds is 5. The summed E-state index contributed by atoms with van der Waals surface area (Å²) >= 11 is 7.54. The van der Waals surface area contributed by atoms with Gasteiger partial charge in [0.1, 0.15) is 11.5 Å². The van der Waals surface area contributed by atoms with E-state index in [1.165, 1.54) is 0 Å². The van der Waals surface area contributed by atoms with E-state index in [-0.39, 0.29) is 5.75 Å². The normalized spacial score (nSPS) is 10.3. The van der Waals surface area contributed by atoms with Crippen LogP contribution in [0.1, 0.15) is 0 Å². The van der Waals surface area contributed by atoms with Crippen molar-refractivity contribution in [2.75, 3.05) is 12.4 Å². The van der Waals surface area contributed by atoms with E-state index in [1.54, 1.807) is 30.0 Å². The summed E-state index contributed by atoms with van der Waals surface area (Å²) in [6.07, 6.45) is 0. The van der Waals surface area contributed by atoms with E-state index in [0.717, 1.165) is 16.4 Å². The fourth-order valence-corrected chi connectivity index (χ4v) is 2.33. The smallest absolute Gasteiger partial charge is 0.120 e. The molecule has 0 aliphatic rings. The summed E-state index contributed by atoms with van der Waals surface area (Å²) in [5.41, 5.74) is 0. The van der Waals surface area contributed by atoms with Crippen LogP contribution in [0.2, 0.25) is 5.02 Å². The van der Waals surface area contributed by atoms with Gasteiger partial charge in [-0.2, -0.15) is 0 Å². The highest BCUT2D eigenvalue weighted by Gasteiger charge is 1.97. The maximum absolute atomic E-state index is 9.16. The van der Waals surface area contributed by atoms with Gasteiger partial charge >= 0.3 is 0 Å². The maximum Gasteiger partial charge on any atom is 0.120 e. The lowest BCUT2D eigenvalue weighted by Crippen LogP contribution is -1.99. The molecule has 0 saturated carbocycles. The van der Waals surface area contributed by atoms with Crippen molar-refractivity contribution in [1.82, 2.24) is 0 Å². The Morgan fingerprint density at radius 1 is 1.11 bits per heavy atom. The van der Waals surface area contributed by atoms with E-state index < -0.39 is 0 Å². The van der Waals surface area contributed by atoms with Crippen LogP contribution in [0.5, 0.6) is 11.5 Å². The molecule has 1 N–H and O–H groups in total. The summed E-state index contributed by atoms with van der Waals surface area (Å²) in [5.74, 6) is 1.92. The van der Waals surface area contributed by atoms with Crippen molar-refractivity contribution in [2.24, 2.45) is 0 Å². The molecule has 2 aromatic rings. The van der Waals surface area contributed by atoms with E-state index in [1.807, 2.05) is 30.3 Å². The highest BCUT2D eigenvalue weighted by atomic mass is 35.5. The molecule has 0 heterocycles. The molecular weight excluding hydrogens is 268 g/mol. The molecule has 18 heavy (non-hydrogen) atoms. The van der Waals surface area contributed by atoms with E-state index in [9.17, 15) is 0 Å². The van der Waals surface area contributed by atoms with Crippen LogP contribution in [0.15, 0.2) is 53.4 Å². The molecular formula is C14H13ClO2S. The molecule has 0 fully saturated rings. The summed E-state index contributed by atoms with van der Waals surface area (Å²) in [4.78, 5) is 1.11. The molecule has 0 bridgehead atoms. The van der Waals surface area contributed by atoms with Crippen molar-refractivity contribution in [1.29, 1.82) is 0 Å². The average Bonchev–Trinajstić information content (AvgIpc) is 2.37. The van der Waals surface area contributed by atoms with Crippen molar-refractivity contribution in [3.8, 4) is 11.5 Å². The first kappa shape index (κ1) is 13.1. The number of hydrogen-bond acceptors (Lipinski definition) is 3. The molecule has 0 radical (unpaired) electrons. The fourth-order valence-electron chi connectivity index (χ4n) is 1.42. The zero-order valence-corrected chi connectivity index (χ0v) is 11.2. The predicted octanol–water partition coefficient (Wildman–Crippen LogP) is 4.22. The quantitative estimate of drug-likeness (QED) is 0.657. The summed E-state index contributed by atoms with van der Waals surface area (Å²) in [5, 5.41) is 9.84. The van der Waals surface area contributed by atoms with Crippen LogP contribution in [0.25, 0.3) is 0 Å². The Morgan fingerprint density at radius 3 is 2.61 bits per heavy atom. The van der Waals surface area contributed by atoms with Gasteiger partial charge < -0.3 is 9.84 Å². The second-order valence-electron chi connectivity index (χ2n) is 3.65. The molecule has 0 unspecified atom stereocenters. The molecule has 0 aliphatic heterocycles. The Hall–Kier alpha value is -1.32. The molecule has 0 aliphatic carbocycles. The third-order valence-electron chi connectivity index (χ3n) is 2.25. The monoisotopic (exact) mass is 280 g/mol. The SMILES string of the molecule is Oc1ccc(SCCOc2cccc(Cl)c2)cc1. The largest absolute Gasteiger partial charge is 0.508 e. The Kier molecular flexibility index (Phi) is 4.79. The van der Waals surface area contributed by atoms with Gasteiger partial charge in [-0.25, -0.2) is 0 Å². The van der Waals surface area contributed by atoms with Crippen LogP contribution in [0.3, 0.4) is 0 Å². The summed E-state index contributed by atoms with van der Waals surface area (Å²) < 4.78 is 5.58. The Morgan fingerprint density at radius 2 is 1.89 bits per heavy atom. The lowest BCUT2D eigenvalue weighted by Gasteiger charge is -2.06. The molecule has 0 saturated heterocycles. The highest BCUT2D eigenvalue weighted by molar-refractivity contribution is 7.99. The van der Waals surface area contributed by atoms with Crippen LogP contribution in [-0.2, 0) is 0 Å². The Balaban J connectivity index is 1.74. The Labute approximate surface area is 116 Å². The minimum absolute atomic E-state index is 0.287. The van der Waals surface area contributed by atoms with Gasteiger partial charge in [0, 0.05) is 15.7 Å². The minimum Gasteiger partial charge on any atom is -0.508 e. The van der Waals surface area contributed by atoms with Crippen molar-refractivity contribution in [3.05, 3.63) is 53.6 Å². The molecule has 2 aromatic carbocycles. The zero-order chi connectivity index (χ0) is 12.8. The van der Waals surface area contributed by atoms with Crippen molar-refractivity contribution < 1.29 is 9.84 Å². The van der Waals surface area contributed by atoms with Crippen LogP contribution in [-0.4, -0.2) is 17.5 Å². The average molecular weight is 281 g/mol. The van der Waals surface area contributed by atoms with Gasteiger partial charge in [0.05, 0.1) is 6.61 Å². The molecule has 2 rings (SSSR count). The van der Waals surface area contributed by atoms with Crippen LogP contribution in [0, 0.1) is 0 Å². The molecule has 0 atom stereocenters. The van der Waals surface area contributed by atoms with Gasteiger partial charge in [-0.05, 0) is 42.5 Å². The minimum atomic E-state index is 0.287. The van der Waals surface area contributed by atoms with Crippen molar-refractivity contribution >= 4 is 23.4 Å². The predicted molar refractivity (Wildman–Crippen MR) is 75.8 cm³/mol. The van der Waals surface area contributed by atoms with E-state index >= 15 is 0 Å². The number of phenols is 1. The van der Waals surface area contributed by atoms with Gasteiger partial charge in [-0.15, -0.1) is 11.8 Å². The van der Waals surface area contributed by atoms with Gasteiger partial charge in [-0.3, -0.25) is 0 Å². The molecule has 0 aromatic heterocycles. The van der Waals surface area contributed by atoms with Crippen molar-refractivity contribution in [3.63, 3.8) is 0 Å². The first-order valence-electron chi connectivity index (χ1n) is 5.54. The third kappa shape index (κ3) is 4.17. The van der Waals surface area contributed by atoms with E-state index in [0.29, 0.717) is 11.6 Å². The first-order chi connectivity index (χ1) is 8.74. The number of ether oxygens (including phenoxy) is 1. The number of phenolic OH excluding ortho intramolecular Hbond substituents is 1. The summed E-state index contributed by atoms with van der Waals surface area (Å²) in [6.45, 7) is 0.617. The number of thioether (sulfide) groups is 1. The van der Waals surface area contributed by atoms with Crippen LogP contribution in [0.4, 0.5) is 0 Å². The van der Waals surface area contributed by atoms with E-state index in [2.05, 4.69) is 0 Å². The van der Waals surface area contributed by atoms with Crippen LogP contribution < -0.4 is 4.74 Å². The van der Waals surface area contributed by atoms with Gasteiger partial charge in [0.15, 0.2) is 0 Å². The number of benzene rings is 2. The number of halogens is 1. The third-order valence-corrected chi connectivity index (χ3v) is 3.46. The maximum atomic E-state index is 9.16. The fraction of sp³-hybridized carbons (Fsp3) is 0.143. The standard InChI is InChI=1S/C14H13ClO2S/c15-11-2-1-3-13(10-11)17-8-9-18-14-6-4-12(16)5-7-14/h1-7,10,16H,8-9H2. The zero-order valence-electron chi connectivity index (χ0n) is 9.67. The van der Waals surface area contributed by atoms with E-state index in [4.69, 9.17) is 21.4 Å². The molecule has 94 valence electrons. The second kappa shape index (κ2) is 6.57.